The summed E-state index contributed by atoms with van der Waals surface area (Å²) in [6.07, 6.45) is -1.17. The van der Waals surface area contributed by atoms with E-state index in [0.29, 0.717) is 34.3 Å². The number of aromatic nitrogens is 4. The fourth-order valence-electron chi connectivity index (χ4n) is 2.35. The summed E-state index contributed by atoms with van der Waals surface area (Å²) in [5.74, 6) is 1.51. The molecule has 0 radical (unpaired) electrons. The quantitative estimate of drug-likeness (QED) is 0.549. The van der Waals surface area contributed by atoms with E-state index in [4.69, 9.17) is 9.26 Å². The molecule has 0 amide bonds. The predicted molar refractivity (Wildman–Crippen MR) is 88.8 cm³/mol. The van der Waals surface area contributed by atoms with Gasteiger partial charge in [0.1, 0.15) is 11.5 Å². The lowest BCUT2D eigenvalue weighted by molar-refractivity contribution is -0.137. The highest BCUT2D eigenvalue weighted by Gasteiger charge is 2.30. The number of aromatic amines is 1. The van der Waals surface area contributed by atoms with Gasteiger partial charge in [-0.1, -0.05) is 5.16 Å². The molecular formula is C18H11F3N4O2. The van der Waals surface area contributed by atoms with Crippen LogP contribution in [0, 0.1) is 0 Å². The summed E-state index contributed by atoms with van der Waals surface area (Å²) < 4.78 is 48.5. The van der Waals surface area contributed by atoms with Crippen LogP contribution in [0.1, 0.15) is 5.56 Å². The van der Waals surface area contributed by atoms with Crippen LogP contribution in [0.3, 0.4) is 0 Å². The Labute approximate surface area is 150 Å². The Morgan fingerprint density at radius 2 is 1.56 bits per heavy atom. The van der Waals surface area contributed by atoms with Crippen molar-refractivity contribution in [2.75, 3.05) is 0 Å². The Hall–Kier alpha value is -3.62. The van der Waals surface area contributed by atoms with Crippen molar-refractivity contribution in [1.82, 2.24) is 20.3 Å². The van der Waals surface area contributed by atoms with Gasteiger partial charge in [0.2, 0.25) is 5.82 Å². The number of benzene rings is 2. The van der Waals surface area contributed by atoms with Crippen LogP contribution < -0.4 is 4.74 Å². The van der Waals surface area contributed by atoms with E-state index >= 15 is 0 Å². The highest BCUT2D eigenvalue weighted by Crippen LogP contribution is 2.32. The maximum atomic E-state index is 12.6. The lowest BCUT2D eigenvalue weighted by Crippen LogP contribution is -2.03. The zero-order valence-electron chi connectivity index (χ0n) is 13.6. The van der Waals surface area contributed by atoms with Crippen LogP contribution in [-0.2, 0) is 6.18 Å². The zero-order valence-corrected chi connectivity index (χ0v) is 13.6. The summed E-state index contributed by atoms with van der Waals surface area (Å²) in [5.41, 5.74) is 0.653. The summed E-state index contributed by atoms with van der Waals surface area (Å²) in [4.78, 5) is 4.28. The molecule has 0 spiro atoms. The molecule has 4 aromatic rings. The normalized spacial score (nSPS) is 11.5. The Morgan fingerprint density at radius 3 is 2.15 bits per heavy atom. The minimum Gasteiger partial charge on any atom is -0.457 e. The third kappa shape index (κ3) is 3.66. The van der Waals surface area contributed by atoms with E-state index in [1.807, 2.05) is 0 Å². The van der Waals surface area contributed by atoms with Crippen LogP contribution >= 0.6 is 0 Å². The Morgan fingerprint density at radius 1 is 0.889 bits per heavy atom. The third-order valence-corrected chi connectivity index (χ3v) is 3.70. The van der Waals surface area contributed by atoms with Crippen LogP contribution in [0.25, 0.3) is 22.8 Å². The number of halogens is 3. The van der Waals surface area contributed by atoms with Gasteiger partial charge in [-0.25, -0.2) is 0 Å². The van der Waals surface area contributed by atoms with Gasteiger partial charge in [0.05, 0.1) is 17.3 Å². The molecule has 1 N–H and O–H groups in total. The summed E-state index contributed by atoms with van der Waals surface area (Å²) in [7, 11) is 0. The molecule has 6 nitrogen and oxygen atoms in total. The van der Waals surface area contributed by atoms with Crippen LogP contribution in [0.4, 0.5) is 13.2 Å². The molecule has 0 aliphatic rings. The second-order valence-corrected chi connectivity index (χ2v) is 5.56. The van der Waals surface area contributed by atoms with Crippen molar-refractivity contribution < 1.29 is 22.4 Å². The minimum absolute atomic E-state index is 0.303. The average Bonchev–Trinajstić information content (AvgIpc) is 3.34. The second-order valence-electron chi connectivity index (χ2n) is 5.56. The van der Waals surface area contributed by atoms with Gasteiger partial charge < -0.3 is 9.26 Å². The van der Waals surface area contributed by atoms with Gasteiger partial charge in [-0.3, -0.25) is 5.10 Å². The molecule has 0 saturated carbocycles. The van der Waals surface area contributed by atoms with Crippen LogP contribution in [0.2, 0.25) is 0 Å². The monoisotopic (exact) mass is 372 g/mol. The highest BCUT2D eigenvalue weighted by molar-refractivity contribution is 5.59. The molecule has 0 fully saturated rings. The zero-order chi connectivity index (χ0) is 18.9. The number of hydrogen-bond acceptors (Lipinski definition) is 5. The smallest absolute Gasteiger partial charge is 0.416 e. The van der Waals surface area contributed by atoms with E-state index in [0.717, 1.165) is 12.1 Å². The maximum Gasteiger partial charge on any atom is 0.416 e. The Kier molecular flexibility index (Phi) is 4.11. The van der Waals surface area contributed by atoms with E-state index in [1.165, 1.54) is 12.1 Å². The molecule has 0 saturated heterocycles. The topological polar surface area (TPSA) is 76.8 Å². The Bertz CT molecular complexity index is 1020. The van der Waals surface area contributed by atoms with E-state index in [2.05, 4.69) is 20.3 Å². The molecule has 0 atom stereocenters. The molecular weight excluding hydrogens is 361 g/mol. The van der Waals surface area contributed by atoms with Crippen molar-refractivity contribution in [3.05, 3.63) is 66.5 Å². The van der Waals surface area contributed by atoms with Crippen molar-refractivity contribution in [1.29, 1.82) is 0 Å². The number of rotatable bonds is 4. The predicted octanol–water partition coefficient (Wildman–Crippen LogP) is 4.94. The molecule has 0 bridgehead atoms. The number of nitrogens with one attached hydrogen (secondary N) is 1. The van der Waals surface area contributed by atoms with Crippen molar-refractivity contribution in [2.24, 2.45) is 0 Å². The summed E-state index contributed by atoms with van der Waals surface area (Å²) >= 11 is 0. The SMILES string of the molecule is FC(F)(F)c1ccc(Oc2ccc(-c3noc(-c4cn[nH]c4)n3)cc2)cc1. The molecule has 4 rings (SSSR count). The van der Waals surface area contributed by atoms with Crippen molar-refractivity contribution in [3.63, 3.8) is 0 Å². The van der Waals surface area contributed by atoms with Crippen molar-refractivity contribution >= 4 is 0 Å². The first-order valence-electron chi connectivity index (χ1n) is 7.77. The van der Waals surface area contributed by atoms with Crippen LogP contribution in [0.5, 0.6) is 11.5 Å². The largest absolute Gasteiger partial charge is 0.457 e. The summed E-state index contributed by atoms with van der Waals surface area (Å²) in [5, 5.41) is 10.4. The molecule has 27 heavy (non-hydrogen) atoms. The first kappa shape index (κ1) is 16.8. The number of alkyl halides is 3. The molecule has 2 heterocycles. The Balaban J connectivity index is 1.48. The first-order valence-corrected chi connectivity index (χ1v) is 7.77. The number of nitrogens with zero attached hydrogens (tertiary/aromatic N) is 3. The van der Waals surface area contributed by atoms with Gasteiger partial charge >= 0.3 is 6.18 Å². The molecule has 2 aromatic carbocycles. The average molecular weight is 372 g/mol. The second kappa shape index (κ2) is 6.60. The van der Waals surface area contributed by atoms with Gasteiger partial charge in [0.25, 0.3) is 5.89 Å². The molecule has 2 aromatic heterocycles. The number of ether oxygens (including phenoxy) is 1. The van der Waals surface area contributed by atoms with Crippen molar-refractivity contribution in [3.8, 4) is 34.3 Å². The molecule has 0 unspecified atom stereocenters. The van der Waals surface area contributed by atoms with E-state index in [9.17, 15) is 13.2 Å². The van der Waals surface area contributed by atoms with E-state index in [-0.39, 0.29) is 0 Å². The summed E-state index contributed by atoms with van der Waals surface area (Å²) in [6, 6.07) is 11.3. The van der Waals surface area contributed by atoms with E-state index in [1.54, 1.807) is 36.7 Å². The fraction of sp³-hybridized carbons (Fsp3) is 0.0556. The van der Waals surface area contributed by atoms with Gasteiger partial charge in [-0.2, -0.15) is 23.3 Å². The van der Waals surface area contributed by atoms with Crippen LogP contribution in [-0.4, -0.2) is 20.3 Å². The van der Waals surface area contributed by atoms with Gasteiger partial charge in [0, 0.05) is 11.8 Å². The molecule has 0 aliphatic heterocycles. The lowest BCUT2D eigenvalue weighted by atomic mass is 10.2. The highest BCUT2D eigenvalue weighted by atomic mass is 19.4. The third-order valence-electron chi connectivity index (χ3n) is 3.70. The van der Waals surface area contributed by atoms with E-state index < -0.39 is 11.7 Å². The van der Waals surface area contributed by atoms with Gasteiger partial charge in [-0.05, 0) is 48.5 Å². The standard InChI is InChI=1S/C18H11F3N4O2/c19-18(20,21)13-3-7-15(8-4-13)26-14-5-1-11(2-6-14)16-24-17(27-25-16)12-9-22-23-10-12/h1-10H,(H,22,23). The first-order chi connectivity index (χ1) is 13.0. The fourth-order valence-corrected chi connectivity index (χ4v) is 2.35. The van der Waals surface area contributed by atoms with Gasteiger partial charge in [0.15, 0.2) is 0 Å². The molecule has 9 heteroatoms. The van der Waals surface area contributed by atoms with Gasteiger partial charge in [-0.15, -0.1) is 0 Å². The molecule has 136 valence electrons. The minimum atomic E-state index is -4.37. The van der Waals surface area contributed by atoms with Crippen LogP contribution in [0.15, 0.2) is 65.4 Å². The lowest BCUT2D eigenvalue weighted by Gasteiger charge is -2.09. The maximum absolute atomic E-state index is 12.6. The summed E-state index contributed by atoms with van der Waals surface area (Å²) in [6.45, 7) is 0. The number of hydrogen-bond donors (Lipinski definition) is 1. The number of H-pyrrole nitrogens is 1. The van der Waals surface area contributed by atoms with Crippen molar-refractivity contribution in [2.45, 2.75) is 6.18 Å². The molecule has 0 aliphatic carbocycles.